The molecule has 0 aliphatic carbocycles. The summed E-state index contributed by atoms with van der Waals surface area (Å²) in [6, 6.07) is 11.1. The summed E-state index contributed by atoms with van der Waals surface area (Å²) in [6.07, 6.45) is 1.60. The summed E-state index contributed by atoms with van der Waals surface area (Å²) in [4.78, 5) is 15.5. The monoisotopic (exact) mass is 386 g/mol. The quantitative estimate of drug-likeness (QED) is 0.190. The van der Waals surface area contributed by atoms with E-state index in [4.69, 9.17) is 15.0 Å². The Hall–Kier alpha value is -3.33. The largest absolute Gasteiger partial charge is 0.493 e. The van der Waals surface area contributed by atoms with Crippen molar-refractivity contribution in [2.75, 3.05) is 12.4 Å². The van der Waals surface area contributed by atoms with Crippen LogP contribution >= 0.6 is 11.3 Å². The molecule has 2 aromatic heterocycles. The molecule has 8 nitrogen and oxygen atoms in total. The summed E-state index contributed by atoms with van der Waals surface area (Å²) in [5, 5.41) is 8.23. The zero-order chi connectivity index (χ0) is 19.2. The maximum Gasteiger partial charge on any atom is 0.343 e. The van der Waals surface area contributed by atoms with Gasteiger partial charge >= 0.3 is 5.13 Å². The van der Waals surface area contributed by atoms with Crippen molar-refractivity contribution in [1.82, 2.24) is 10.3 Å². The number of carbonyl (C=O) groups excluding carboxylic acids is 1. The van der Waals surface area contributed by atoms with Crippen molar-refractivity contribution in [1.29, 1.82) is 0 Å². The van der Waals surface area contributed by atoms with Crippen LogP contribution in [0.4, 0.5) is 10.8 Å². The van der Waals surface area contributed by atoms with E-state index in [1.54, 1.807) is 19.5 Å². The second-order valence-corrected chi connectivity index (χ2v) is 6.41. The third kappa shape index (κ3) is 4.64. The molecule has 3 aromatic rings. The molecule has 0 aliphatic heterocycles. The van der Waals surface area contributed by atoms with Gasteiger partial charge in [-0.15, -0.1) is 4.68 Å². The Morgan fingerprint density at radius 3 is 2.96 bits per heavy atom. The molecule has 0 bridgehead atoms. The molecule has 0 radical (unpaired) electrons. The minimum atomic E-state index is -0.110. The lowest BCUT2D eigenvalue weighted by atomic mass is 10.3. The minimum absolute atomic E-state index is 0.110. The second-order valence-electron chi connectivity index (χ2n) is 5.57. The van der Waals surface area contributed by atoms with E-state index in [-0.39, 0.29) is 5.91 Å². The number of amides is 1. The van der Waals surface area contributed by atoms with Gasteiger partial charge in [0.05, 0.1) is 13.7 Å². The van der Waals surface area contributed by atoms with Crippen LogP contribution in [-0.2, 0) is 11.3 Å². The van der Waals surface area contributed by atoms with E-state index >= 15 is 0 Å². The van der Waals surface area contributed by atoms with E-state index in [1.165, 1.54) is 22.9 Å². The third-order valence-electron chi connectivity index (χ3n) is 3.60. The Kier molecular flexibility index (Phi) is 5.72. The summed E-state index contributed by atoms with van der Waals surface area (Å²) in [6.45, 7) is 1.80. The van der Waals surface area contributed by atoms with Crippen molar-refractivity contribution >= 4 is 34.4 Å². The molecule has 0 fully saturated rings. The first kappa shape index (κ1) is 18.5. The molecule has 1 aromatic carbocycles. The van der Waals surface area contributed by atoms with Gasteiger partial charge in [0.15, 0.2) is 17.2 Å². The number of furan rings is 1. The number of hydrazone groups is 1. The van der Waals surface area contributed by atoms with Crippen LogP contribution in [0.3, 0.4) is 0 Å². The molecule has 140 valence electrons. The number of thiazole rings is 1. The fraction of sp³-hybridized carbons (Fsp3) is 0.167. The smallest absolute Gasteiger partial charge is 0.343 e. The van der Waals surface area contributed by atoms with E-state index in [9.17, 15) is 4.79 Å². The predicted octanol–water partition coefficient (Wildman–Crippen LogP) is 2.71. The number of hydrogen-bond donors (Lipinski definition) is 3. The first-order valence-corrected chi connectivity index (χ1v) is 9.00. The first-order chi connectivity index (χ1) is 13.1. The number of hydrazine groups is 1. The molecule has 0 aliphatic rings. The second kappa shape index (κ2) is 8.37. The molecule has 0 saturated carbocycles. The van der Waals surface area contributed by atoms with Crippen molar-refractivity contribution in [2.45, 2.75) is 13.5 Å². The zero-order valence-electron chi connectivity index (χ0n) is 14.9. The van der Waals surface area contributed by atoms with Gasteiger partial charge in [0.2, 0.25) is 12.2 Å². The van der Waals surface area contributed by atoms with Gasteiger partial charge < -0.3 is 14.5 Å². The van der Waals surface area contributed by atoms with Gasteiger partial charge in [-0.1, -0.05) is 28.5 Å². The lowest BCUT2D eigenvalue weighted by Crippen LogP contribution is -2.19. The molecular weight excluding hydrogens is 366 g/mol. The Balaban J connectivity index is 1.70. The van der Waals surface area contributed by atoms with Crippen molar-refractivity contribution in [3.05, 3.63) is 47.5 Å². The normalized spacial score (nSPS) is 11.3. The van der Waals surface area contributed by atoms with Crippen molar-refractivity contribution in [3.8, 4) is 17.2 Å². The molecule has 0 unspecified atom stereocenters. The highest BCUT2D eigenvalue weighted by Gasteiger charge is 2.16. The summed E-state index contributed by atoms with van der Waals surface area (Å²) < 4.78 is 12.4. The van der Waals surface area contributed by atoms with Gasteiger partial charge in [-0.2, -0.15) is 0 Å². The molecule has 27 heavy (non-hydrogen) atoms. The van der Waals surface area contributed by atoms with Crippen LogP contribution in [0.2, 0.25) is 0 Å². The van der Waals surface area contributed by atoms with Crippen LogP contribution in [0.5, 0.6) is 5.75 Å². The van der Waals surface area contributed by atoms with Crippen LogP contribution in [0, 0.1) is 0 Å². The Bertz CT molecular complexity index is 963. The topological polar surface area (TPSA) is 105 Å². The van der Waals surface area contributed by atoms with Gasteiger partial charge in [0.25, 0.3) is 0 Å². The average molecular weight is 386 g/mol. The Morgan fingerprint density at radius 2 is 2.19 bits per heavy atom. The van der Waals surface area contributed by atoms with Gasteiger partial charge in [-0.3, -0.25) is 16.0 Å². The van der Waals surface area contributed by atoms with Gasteiger partial charge in [-0.25, -0.2) is 0 Å². The number of benzene rings is 1. The number of para-hydroxylation sites is 2. The summed E-state index contributed by atoms with van der Waals surface area (Å²) in [5.74, 6) is 7.93. The number of carbonyl (C=O) groups is 1. The SMILES string of the molecule is COc1ccccc1NC=[N+](N)c1nc(-c2ccc(CNC(C)=O)o2)cs1. The van der Waals surface area contributed by atoms with E-state index in [0.29, 0.717) is 34.6 Å². The predicted molar refractivity (Wildman–Crippen MR) is 104 cm³/mol. The maximum atomic E-state index is 11.0. The molecule has 0 spiro atoms. The molecule has 1 amide bonds. The zero-order valence-corrected chi connectivity index (χ0v) is 15.7. The van der Waals surface area contributed by atoms with E-state index in [2.05, 4.69) is 15.6 Å². The number of methoxy groups -OCH3 is 1. The number of nitrogens with zero attached hydrogens (tertiary/aromatic N) is 2. The highest BCUT2D eigenvalue weighted by atomic mass is 32.1. The number of hydrogen-bond acceptors (Lipinski definition) is 6. The highest BCUT2D eigenvalue weighted by Crippen LogP contribution is 2.27. The molecule has 4 N–H and O–H groups in total. The summed E-state index contributed by atoms with van der Waals surface area (Å²) in [7, 11) is 1.61. The van der Waals surface area contributed by atoms with Gasteiger partial charge in [-0.05, 0) is 24.3 Å². The van der Waals surface area contributed by atoms with Crippen LogP contribution in [0.25, 0.3) is 11.5 Å². The van der Waals surface area contributed by atoms with Crippen LogP contribution in [0.1, 0.15) is 12.7 Å². The van der Waals surface area contributed by atoms with Crippen LogP contribution in [-0.4, -0.2) is 29.0 Å². The van der Waals surface area contributed by atoms with E-state index in [0.717, 1.165) is 5.69 Å². The van der Waals surface area contributed by atoms with Gasteiger partial charge in [0, 0.05) is 12.3 Å². The molecule has 9 heteroatoms. The fourth-order valence-corrected chi connectivity index (χ4v) is 2.99. The number of ether oxygens (including phenoxy) is 1. The number of nitrogens with one attached hydrogen (secondary N) is 2. The van der Waals surface area contributed by atoms with E-state index in [1.807, 2.05) is 35.7 Å². The molecule has 0 atom stereocenters. The minimum Gasteiger partial charge on any atom is -0.493 e. The number of anilines is 1. The lowest BCUT2D eigenvalue weighted by Gasteiger charge is -2.04. The summed E-state index contributed by atoms with van der Waals surface area (Å²) >= 11 is 1.38. The van der Waals surface area contributed by atoms with Crippen molar-refractivity contribution in [2.24, 2.45) is 5.84 Å². The summed E-state index contributed by atoms with van der Waals surface area (Å²) in [5.41, 5.74) is 1.46. The first-order valence-electron chi connectivity index (χ1n) is 8.12. The van der Waals surface area contributed by atoms with Gasteiger partial charge in [0.1, 0.15) is 11.4 Å². The average Bonchev–Trinajstić information content (AvgIpc) is 3.34. The number of rotatable bonds is 7. The highest BCUT2D eigenvalue weighted by molar-refractivity contribution is 7.13. The Morgan fingerprint density at radius 1 is 1.37 bits per heavy atom. The standard InChI is InChI=1S/C18H19N5O3S/c1-12(24)20-9-13-7-8-17(26-13)15-10-27-18(22-15)23(19)11-21-14-5-3-4-6-16(14)25-2/h3-8,10-11H,9,19H2,1-2H3,(H,20,24)/p+1. The van der Waals surface area contributed by atoms with Crippen molar-refractivity contribution in [3.63, 3.8) is 0 Å². The fourth-order valence-electron chi connectivity index (χ4n) is 2.28. The van der Waals surface area contributed by atoms with E-state index < -0.39 is 0 Å². The molecule has 2 heterocycles. The number of aromatic nitrogens is 1. The molecule has 3 rings (SSSR count). The van der Waals surface area contributed by atoms with Crippen LogP contribution in [0.15, 0.2) is 46.2 Å². The Labute approximate surface area is 160 Å². The lowest BCUT2D eigenvalue weighted by molar-refractivity contribution is -0.446. The maximum absolute atomic E-state index is 11.0. The third-order valence-corrected chi connectivity index (χ3v) is 4.46. The molecule has 0 saturated heterocycles. The number of nitrogens with two attached hydrogens (primary N) is 1. The molecular formula is C18H20N5O3S+. The van der Waals surface area contributed by atoms with Crippen LogP contribution < -0.4 is 21.2 Å². The van der Waals surface area contributed by atoms with Crippen molar-refractivity contribution < 1.29 is 18.6 Å².